The van der Waals surface area contributed by atoms with E-state index in [0.717, 1.165) is 39.2 Å². The molecule has 37 heavy (non-hydrogen) atoms. The third-order valence-electron chi connectivity index (χ3n) is 6.40. The van der Waals surface area contributed by atoms with Gasteiger partial charge in [0, 0.05) is 45.3 Å². The minimum absolute atomic E-state index is 0.0447. The molecule has 5 nitrogen and oxygen atoms in total. The molecular weight excluding hydrogens is 525 g/mol. The van der Waals surface area contributed by atoms with Crippen molar-refractivity contribution in [3.05, 3.63) is 98.5 Å². The number of amidine groups is 1. The van der Waals surface area contributed by atoms with Gasteiger partial charge in [0.25, 0.3) is 5.91 Å². The average Bonchev–Trinajstić information content (AvgIpc) is 3.34. The molecule has 0 radical (unpaired) electrons. The van der Waals surface area contributed by atoms with E-state index in [1.165, 1.54) is 11.8 Å². The van der Waals surface area contributed by atoms with Gasteiger partial charge in [0.05, 0.1) is 17.7 Å². The van der Waals surface area contributed by atoms with Crippen LogP contribution < -0.4 is 4.74 Å². The minimum Gasteiger partial charge on any atom is -0.497 e. The van der Waals surface area contributed by atoms with Crippen LogP contribution in [0.3, 0.4) is 0 Å². The number of aromatic nitrogens is 1. The number of methoxy groups -OCH3 is 1. The van der Waals surface area contributed by atoms with Crippen molar-refractivity contribution in [2.75, 3.05) is 13.7 Å². The van der Waals surface area contributed by atoms with Crippen LogP contribution in [0.4, 0.5) is 5.69 Å². The zero-order valence-corrected chi connectivity index (χ0v) is 23.0. The van der Waals surface area contributed by atoms with E-state index >= 15 is 0 Å². The summed E-state index contributed by atoms with van der Waals surface area (Å²) in [5.74, 6) is 0.718. The number of para-hydroxylation sites is 1. The van der Waals surface area contributed by atoms with Crippen LogP contribution in [0.5, 0.6) is 5.75 Å². The maximum absolute atomic E-state index is 13.4. The highest BCUT2D eigenvalue weighted by Gasteiger charge is 2.32. The lowest BCUT2D eigenvalue weighted by Crippen LogP contribution is -2.28. The van der Waals surface area contributed by atoms with Gasteiger partial charge in [-0.2, -0.15) is 0 Å². The van der Waals surface area contributed by atoms with Gasteiger partial charge in [-0.3, -0.25) is 9.69 Å². The highest BCUT2D eigenvalue weighted by atomic mass is 35.5. The average molecular weight is 551 g/mol. The minimum atomic E-state index is -0.0447. The predicted molar refractivity (Wildman–Crippen MR) is 155 cm³/mol. The molecule has 1 aliphatic rings. The molecule has 188 valence electrons. The quantitative estimate of drug-likeness (QED) is 0.229. The number of nitrogens with zero attached hydrogens (tertiary/aromatic N) is 3. The molecule has 1 aromatic heterocycles. The molecule has 1 amide bonds. The summed E-state index contributed by atoms with van der Waals surface area (Å²) < 4.78 is 7.46. The summed E-state index contributed by atoms with van der Waals surface area (Å²) in [6.07, 6.45) is 1.99. The van der Waals surface area contributed by atoms with Crippen molar-refractivity contribution in [3.63, 3.8) is 0 Å². The Morgan fingerprint density at radius 2 is 1.81 bits per heavy atom. The van der Waals surface area contributed by atoms with Crippen LogP contribution in [0.15, 0.2) is 76.6 Å². The zero-order chi connectivity index (χ0) is 26.1. The molecule has 3 aromatic carbocycles. The number of fused-ring (bicyclic) bond motifs is 1. The van der Waals surface area contributed by atoms with Gasteiger partial charge in [0.1, 0.15) is 5.75 Å². The first-order valence-electron chi connectivity index (χ1n) is 11.9. The van der Waals surface area contributed by atoms with E-state index in [4.69, 9.17) is 32.9 Å². The van der Waals surface area contributed by atoms with Crippen LogP contribution in [-0.2, 0) is 11.3 Å². The van der Waals surface area contributed by atoms with E-state index in [1.807, 2.05) is 61.5 Å². The molecule has 1 saturated heterocycles. The molecule has 0 spiro atoms. The molecule has 0 atom stereocenters. The summed E-state index contributed by atoms with van der Waals surface area (Å²) >= 11 is 14.0. The highest BCUT2D eigenvalue weighted by molar-refractivity contribution is 8.18. The number of likely N-dealkylation sites (N-methyl/N-ethyl adjacent to an activating group) is 1. The maximum atomic E-state index is 13.4. The number of thioether (sulfide) groups is 1. The summed E-state index contributed by atoms with van der Waals surface area (Å²) in [5, 5.41) is 2.98. The molecule has 1 fully saturated rings. The molecule has 8 heteroatoms. The number of halogens is 2. The smallest absolute Gasteiger partial charge is 0.266 e. The summed E-state index contributed by atoms with van der Waals surface area (Å²) in [6.45, 7) is 5.16. The van der Waals surface area contributed by atoms with Crippen LogP contribution in [0.2, 0.25) is 10.0 Å². The lowest BCUT2D eigenvalue weighted by atomic mass is 10.1. The van der Waals surface area contributed by atoms with Crippen LogP contribution in [0.1, 0.15) is 23.7 Å². The Morgan fingerprint density at radius 3 is 2.51 bits per heavy atom. The molecule has 0 bridgehead atoms. The van der Waals surface area contributed by atoms with E-state index in [-0.39, 0.29) is 5.91 Å². The number of hydrogen-bond acceptors (Lipinski definition) is 4. The number of hydrogen-bond donors (Lipinski definition) is 0. The number of benzene rings is 3. The van der Waals surface area contributed by atoms with E-state index in [0.29, 0.717) is 33.2 Å². The van der Waals surface area contributed by atoms with Crippen molar-refractivity contribution < 1.29 is 9.53 Å². The third kappa shape index (κ3) is 5.01. The van der Waals surface area contributed by atoms with Crippen LogP contribution in [0, 0.1) is 6.92 Å². The van der Waals surface area contributed by atoms with Gasteiger partial charge in [-0.1, -0.05) is 47.5 Å². The molecule has 5 rings (SSSR count). The topological polar surface area (TPSA) is 46.8 Å². The van der Waals surface area contributed by atoms with Gasteiger partial charge in [0.2, 0.25) is 0 Å². The largest absolute Gasteiger partial charge is 0.497 e. The zero-order valence-electron chi connectivity index (χ0n) is 20.7. The summed E-state index contributed by atoms with van der Waals surface area (Å²) in [7, 11) is 1.63. The molecule has 0 unspecified atom stereocenters. The number of aliphatic imine (C=N–C) groups is 1. The Bertz CT molecular complexity index is 1560. The standard InChI is InChI=1S/C29H25Cl2N3O2S/c1-4-33-28(35)27(37-29(33)32-21-11-13-22(36-3)14-12-21)16-24-18(2)34(26-8-6-5-7-23(24)26)17-19-9-10-20(30)15-25(19)31/h5-16H,4,17H2,1-3H3/b27-16+,32-29?. The van der Waals surface area contributed by atoms with Crippen LogP contribution in [-0.4, -0.2) is 34.2 Å². The van der Waals surface area contributed by atoms with Crippen molar-refractivity contribution in [1.82, 2.24) is 9.47 Å². The molecule has 4 aromatic rings. The second-order valence-electron chi connectivity index (χ2n) is 8.59. The number of rotatable bonds is 6. The molecule has 0 N–H and O–H groups in total. The Labute approximate surface area is 230 Å². The maximum Gasteiger partial charge on any atom is 0.266 e. The number of carbonyl (C=O) groups is 1. The summed E-state index contributed by atoms with van der Waals surface area (Å²) in [4.78, 5) is 20.5. The lowest BCUT2D eigenvalue weighted by Gasteiger charge is -2.12. The van der Waals surface area contributed by atoms with Crippen molar-refractivity contribution in [1.29, 1.82) is 0 Å². The second kappa shape index (κ2) is 10.7. The monoisotopic (exact) mass is 549 g/mol. The number of ether oxygens (including phenoxy) is 1. The highest BCUT2D eigenvalue weighted by Crippen LogP contribution is 2.37. The molecule has 0 aliphatic carbocycles. The van der Waals surface area contributed by atoms with Crippen molar-refractivity contribution in [2.45, 2.75) is 20.4 Å². The lowest BCUT2D eigenvalue weighted by molar-refractivity contribution is -0.122. The van der Waals surface area contributed by atoms with Crippen molar-refractivity contribution in [3.8, 4) is 5.75 Å². The SMILES string of the molecule is CCN1C(=O)/C(=C\c2c(C)n(Cc3ccc(Cl)cc3Cl)c3ccccc23)SC1=Nc1ccc(OC)cc1. The first kappa shape index (κ1) is 25.5. The second-order valence-corrected chi connectivity index (χ2v) is 10.4. The fraction of sp³-hybridized carbons (Fsp3) is 0.172. The van der Waals surface area contributed by atoms with E-state index in [2.05, 4.69) is 23.6 Å². The van der Waals surface area contributed by atoms with Crippen molar-refractivity contribution >= 4 is 68.7 Å². The molecule has 0 saturated carbocycles. The summed E-state index contributed by atoms with van der Waals surface area (Å²) in [5.41, 5.74) is 4.89. The van der Waals surface area contributed by atoms with E-state index in [9.17, 15) is 4.79 Å². The Morgan fingerprint density at radius 1 is 1.05 bits per heavy atom. The van der Waals surface area contributed by atoms with Gasteiger partial charge in [-0.05, 0) is 79.7 Å². The van der Waals surface area contributed by atoms with E-state index < -0.39 is 0 Å². The first-order chi connectivity index (χ1) is 17.9. The van der Waals surface area contributed by atoms with Gasteiger partial charge in [-0.25, -0.2) is 4.99 Å². The number of amides is 1. The van der Waals surface area contributed by atoms with Crippen LogP contribution >= 0.6 is 35.0 Å². The Hall–Kier alpha value is -3.19. The van der Waals surface area contributed by atoms with Gasteiger partial charge >= 0.3 is 0 Å². The molecular formula is C29H25Cl2N3O2S. The first-order valence-corrected chi connectivity index (χ1v) is 13.4. The third-order valence-corrected chi connectivity index (χ3v) is 7.99. The molecule has 2 heterocycles. The number of carbonyl (C=O) groups excluding carboxylic acids is 1. The van der Waals surface area contributed by atoms with Crippen molar-refractivity contribution in [2.24, 2.45) is 4.99 Å². The van der Waals surface area contributed by atoms with Gasteiger partial charge < -0.3 is 9.30 Å². The fourth-order valence-corrected chi connectivity index (χ4v) is 5.94. The molecule has 1 aliphatic heterocycles. The van der Waals surface area contributed by atoms with Gasteiger partial charge in [-0.15, -0.1) is 0 Å². The Balaban J connectivity index is 1.54. The summed E-state index contributed by atoms with van der Waals surface area (Å²) in [6, 6.07) is 21.3. The normalized spacial score (nSPS) is 15.9. The van der Waals surface area contributed by atoms with E-state index in [1.54, 1.807) is 18.1 Å². The Kier molecular flexibility index (Phi) is 7.33. The predicted octanol–water partition coefficient (Wildman–Crippen LogP) is 7.94. The van der Waals surface area contributed by atoms with Crippen LogP contribution in [0.25, 0.3) is 17.0 Å². The fourth-order valence-electron chi connectivity index (χ4n) is 4.43. The van der Waals surface area contributed by atoms with Gasteiger partial charge in [0.15, 0.2) is 5.17 Å².